The van der Waals surface area contributed by atoms with E-state index in [1.54, 1.807) is 12.1 Å². The predicted molar refractivity (Wildman–Crippen MR) is 108 cm³/mol. The molecule has 3 rings (SSSR count). The van der Waals surface area contributed by atoms with Gasteiger partial charge in [0.05, 0.1) is 7.11 Å². The van der Waals surface area contributed by atoms with Gasteiger partial charge in [-0.3, -0.25) is 4.52 Å². The maximum atomic E-state index is 11.8. The lowest BCUT2D eigenvalue weighted by Gasteiger charge is -2.18. The summed E-state index contributed by atoms with van der Waals surface area (Å²) in [7, 11) is -15.0. The molecule has 0 saturated carbocycles. The molecule has 13 nitrogen and oxygen atoms in total. The van der Waals surface area contributed by atoms with Crippen molar-refractivity contribution in [3.05, 3.63) is 53.5 Å². The van der Waals surface area contributed by atoms with Crippen LogP contribution in [0, 0.1) is 0 Å². The number of benzene rings is 2. The lowest BCUT2D eigenvalue weighted by atomic mass is 10.0. The highest BCUT2D eigenvalue weighted by Gasteiger charge is 2.41. The van der Waals surface area contributed by atoms with Gasteiger partial charge in [-0.15, -0.1) is 0 Å². The second kappa shape index (κ2) is 9.24. The van der Waals surface area contributed by atoms with E-state index in [1.165, 1.54) is 7.11 Å². The number of hydrogen-bond acceptors (Lipinski definition) is 9. The van der Waals surface area contributed by atoms with Gasteiger partial charge in [0.25, 0.3) is 0 Å². The molecule has 32 heavy (non-hydrogen) atoms. The molecule has 0 radical (unpaired) electrons. The summed E-state index contributed by atoms with van der Waals surface area (Å²) in [4.78, 5) is 35.8. The molecule has 2 aromatic rings. The third-order valence-electron chi connectivity index (χ3n) is 4.20. The van der Waals surface area contributed by atoms with Crippen molar-refractivity contribution < 1.29 is 61.0 Å². The van der Waals surface area contributed by atoms with Crippen molar-refractivity contribution >= 4 is 34.2 Å². The number of phosphoric acid groups is 3. The normalized spacial score (nSPS) is 20.6. The summed E-state index contributed by atoms with van der Waals surface area (Å²) in [6, 6.07) is 11.1. The van der Waals surface area contributed by atoms with Crippen LogP contribution in [-0.4, -0.2) is 38.4 Å². The molecule has 0 fully saturated rings. The van der Waals surface area contributed by atoms with E-state index in [4.69, 9.17) is 24.2 Å². The third-order valence-corrected chi connectivity index (χ3v) is 7.99. The largest absolute Gasteiger partial charge is 0.509 e. The number of fused-ring (bicyclic) bond motifs is 1. The summed E-state index contributed by atoms with van der Waals surface area (Å²) in [6.45, 7) is -0.859. The van der Waals surface area contributed by atoms with Gasteiger partial charge in [-0.25, -0.2) is 13.7 Å². The van der Waals surface area contributed by atoms with Crippen LogP contribution in [0.2, 0.25) is 0 Å². The number of ether oxygens (including phenoxy) is 2. The minimum Gasteiger partial charge on any atom is -0.509 e. The van der Waals surface area contributed by atoms with Crippen molar-refractivity contribution in [3.63, 3.8) is 0 Å². The summed E-state index contributed by atoms with van der Waals surface area (Å²) in [5, 5.41) is 12.0. The minimum absolute atomic E-state index is 0.0240. The van der Waals surface area contributed by atoms with Crippen LogP contribution >= 0.6 is 23.5 Å². The fourth-order valence-corrected chi connectivity index (χ4v) is 5.95. The van der Waals surface area contributed by atoms with Gasteiger partial charge in [0.15, 0.2) is 5.76 Å². The molecule has 16 heteroatoms. The fourth-order valence-electron chi connectivity index (χ4n) is 2.97. The van der Waals surface area contributed by atoms with E-state index in [-0.39, 0.29) is 17.9 Å². The number of hydrogen-bond donors (Lipinski definition) is 5. The maximum absolute atomic E-state index is 11.8. The lowest BCUT2D eigenvalue weighted by Crippen LogP contribution is -2.04. The molecule has 0 saturated heterocycles. The average molecular weight is 512 g/mol. The van der Waals surface area contributed by atoms with Gasteiger partial charge < -0.3 is 34.2 Å². The topological polar surface area (TPSA) is 199 Å². The first-order valence-electron chi connectivity index (χ1n) is 8.71. The smallest absolute Gasteiger partial charge is 0.490 e. The van der Waals surface area contributed by atoms with Crippen LogP contribution in [0.25, 0.3) is 10.8 Å². The highest BCUT2D eigenvalue weighted by Crippen LogP contribution is 2.66. The molecule has 3 atom stereocenters. The van der Waals surface area contributed by atoms with Gasteiger partial charge in [0, 0.05) is 12.0 Å². The van der Waals surface area contributed by atoms with Crippen molar-refractivity contribution in [2.75, 3.05) is 13.7 Å². The Kier molecular flexibility index (Phi) is 7.19. The van der Waals surface area contributed by atoms with Crippen LogP contribution in [0.3, 0.4) is 0 Å². The van der Waals surface area contributed by atoms with Crippen LogP contribution in [-0.2, 0) is 31.6 Å². The van der Waals surface area contributed by atoms with E-state index in [0.29, 0.717) is 11.3 Å². The SMILES string of the molecule is COc1cc2ccccc2cc1[C@H]1CC(O)=C(COP(=O)(O)OP(=O)(O)OP(=O)(O)O)O1. The van der Waals surface area contributed by atoms with E-state index in [9.17, 15) is 23.7 Å². The molecule has 1 aliphatic heterocycles. The number of aliphatic hydroxyl groups is 1. The second-order valence-corrected chi connectivity index (χ2v) is 10.9. The van der Waals surface area contributed by atoms with Crippen molar-refractivity contribution in [2.24, 2.45) is 0 Å². The first-order valence-corrected chi connectivity index (χ1v) is 13.2. The van der Waals surface area contributed by atoms with Gasteiger partial charge in [-0.2, -0.15) is 8.62 Å². The Balaban J connectivity index is 1.70. The lowest BCUT2D eigenvalue weighted by molar-refractivity contribution is 0.104. The molecule has 0 amide bonds. The molecule has 5 N–H and O–H groups in total. The summed E-state index contributed by atoms with van der Waals surface area (Å²) >= 11 is 0. The van der Waals surface area contributed by atoms with E-state index in [2.05, 4.69) is 13.1 Å². The number of methoxy groups -OCH3 is 1. The quantitative estimate of drug-likeness (QED) is 0.307. The van der Waals surface area contributed by atoms with Gasteiger partial charge >= 0.3 is 23.5 Å². The Morgan fingerprint density at radius 3 is 2.22 bits per heavy atom. The van der Waals surface area contributed by atoms with Crippen LogP contribution in [0.5, 0.6) is 5.75 Å². The molecule has 0 aromatic heterocycles. The zero-order chi connectivity index (χ0) is 23.7. The van der Waals surface area contributed by atoms with Gasteiger partial charge in [-0.05, 0) is 22.9 Å². The van der Waals surface area contributed by atoms with Gasteiger partial charge in [-0.1, -0.05) is 24.3 Å². The molecule has 0 aliphatic carbocycles. The number of rotatable bonds is 9. The third kappa shape index (κ3) is 6.40. The van der Waals surface area contributed by atoms with Crippen LogP contribution in [0.1, 0.15) is 18.1 Å². The highest BCUT2D eigenvalue weighted by atomic mass is 31.3. The van der Waals surface area contributed by atoms with E-state index in [0.717, 1.165) is 10.8 Å². The van der Waals surface area contributed by atoms with Crippen LogP contribution < -0.4 is 4.74 Å². The van der Waals surface area contributed by atoms with E-state index in [1.807, 2.05) is 24.3 Å². The molecule has 176 valence electrons. The van der Waals surface area contributed by atoms with Crippen molar-refractivity contribution in [1.82, 2.24) is 0 Å². The van der Waals surface area contributed by atoms with Gasteiger partial charge in [0.1, 0.15) is 24.2 Å². The Morgan fingerprint density at radius 1 is 1.00 bits per heavy atom. The first-order chi connectivity index (χ1) is 14.8. The summed E-state index contributed by atoms with van der Waals surface area (Å²) < 4.78 is 56.6. The molecular weight excluding hydrogens is 493 g/mol. The zero-order valence-corrected chi connectivity index (χ0v) is 19.0. The molecular formula is C16H19O13P3. The summed E-state index contributed by atoms with van der Waals surface area (Å²) in [5.74, 6) is -0.0914. The minimum atomic E-state index is -5.64. The van der Waals surface area contributed by atoms with Crippen molar-refractivity contribution in [3.8, 4) is 5.75 Å². The zero-order valence-electron chi connectivity index (χ0n) is 16.3. The molecule has 2 aromatic carbocycles. The Bertz CT molecular complexity index is 1190. The summed E-state index contributed by atoms with van der Waals surface area (Å²) in [6.07, 6.45) is -0.752. The second-order valence-electron chi connectivity index (χ2n) is 6.49. The maximum Gasteiger partial charge on any atom is 0.490 e. The molecule has 0 spiro atoms. The van der Waals surface area contributed by atoms with Crippen molar-refractivity contribution in [1.29, 1.82) is 0 Å². The number of aliphatic hydroxyl groups excluding tert-OH is 1. The molecule has 1 heterocycles. The van der Waals surface area contributed by atoms with Crippen LogP contribution in [0.4, 0.5) is 0 Å². The molecule has 1 aliphatic rings. The molecule has 0 bridgehead atoms. The molecule has 2 unspecified atom stereocenters. The Morgan fingerprint density at radius 2 is 1.62 bits per heavy atom. The van der Waals surface area contributed by atoms with Crippen LogP contribution in [0.15, 0.2) is 47.9 Å². The van der Waals surface area contributed by atoms with E-state index < -0.39 is 36.2 Å². The van der Waals surface area contributed by atoms with Gasteiger partial charge in [0.2, 0.25) is 0 Å². The summed E-state index contributed by atoms with van der Waals surface area (Å²) in [5.41, 5.74) is 0.589. The van der Waals surface area contributed by atoms with E-state index >= 15 is 0 Å². The predicted octanol–water partition coefficient (Wildman–Crippen LogP) is 3.42. The Labute approximate surface area is 181 Å². The van der Waals surface area contributed by atoms with Crippen molar-refractivity contribution in [2.45, 2.75) is 12.5 Å². The number of phosphoric ester groups is 1. The Hall–Kier alpha value is -1.75. The monoisotopic (exact) mass is 512 g/mol. The average Bonchev–Trinajstić information content (AvgIpc) is 3.03. The highest BCUT2D eigenvalue weighted by molar-refractivity contribution is 7.66. The standard InChI is InChI=1S/C16H19O13P3/c1-25-14-7-11-5-3-2-4-10(11)6-12(14)15-8-13(17)16(27-15)9-26-31(21,22)29-32(23,24)28-30(18,19)20/h2-7,15,17H,8-9H2,1H3,(H,21,22)(H,23,24)(H2,18,19,20)/t15-/m1/s1. The fraction of sp³-hybridized carbons (Fsp3) is 0.250. The first kappa shape index (κ1) is 24.9.